The molecule has 0 bridgehead atoms. The molecular weight excluding hydrogens is 431 g/mol. The van der Waals surface area contributed by atoms with E-state index in [0.29, 0.717) is 29.5 Å². The number of halogens is 1. The normalized spacial score (nSPS) is 17.9. The van der Waals surface area contributed by atoms with Gasteiger partial charge in [-0.05, 0) is 50.6 Å². The summed E-state index contributed by atoms with van der Waals surface area (Å²) in [5.41, 5.74) is 3.16. The van der Waals surface area contributed by atoms with Crippen LogP contribution >= 0.6 is 0 Å². The Morgan fingerprint density at radius 1 is 1.09 bits per heavy atom. The summed E-state index contributed by atoms with van der Waals surface area (Å²) in [7, 11) is 0. The Hall–Kier alpha value is -3.52. The molecule has 1 aliphatic rings. The molecule has 8 heteroatoms. The van der Waals surface area contributed by atoms with Crippen LogP contribution in [0.2, 0.25) is 0 Å². The lowest BCUT2D eigenvalue weighted by Gasteiger charge is -2.43. The number of H-pyrrole nitrogens is 1. The van der Waals surface area contributed by atoms with Crippen molar-refractivity contribution in [3.8, 4) is 0 Å². The summed E-state index contributed by atoms with van der Waals surface area (Å²) >= 11 is 0. The summed E-state index contributed by atoms with van der Waals surface area (Å²) in [6, 6.07) is 17.1. The van der Waals surface area contributed by atoms with Crippen LogP contribution in [0, 0.1) is 12.7 Å². The number of aromatic amines is 1. The molecule has 5 rings (SSSR count). The molecule has 0 spiro atoms. The Labute approximate surface area is 197 Å². The summed E-state index contributed by atoms with van der Waals surface area (Å²) in [6.45, 7) is 8.89. The Morgan fingerprint density at radius 3 is 2.53 bits per heavy atom. The number of nitrogens with zero attached hydrogens (tertiary/aromatic N) is 5. The second-order valence-corrected chi connectivity index (χ2v) is 9.08. The van der Waals surface area contributed by atoms with Gasteiger partial charge in [-0.3, -0.25) is 14.8 Å². The third kappa shape index (κ3) is 4.21. The molecule has 2 aromatic heterocycles. The largest absolute Gasteiger partial charge is 0.366 e. The van der Waals surface area contributed by atoms with E-state index in [1.165, 1.54) is 22.3 Å². The lowest BCUT2D eigenvalue weighted by atomic mass is 10.1. The van der Waals surface area contributed by atoms with E-state index in [1.54, 1.807) is 12.1 Å². The van der Waals surface area contributed by atoms with Crippen molar-refractivity contribution >= 4 is 11.5 Å². The smallest absolute Gasteiger partial charge is 0.277 e. The first-order valence-corrected chi connectivity index (χ1v) is 11.7. The molecule has 1 N–H and O–H groups in total. The van der Waals surface area contributed by atoms with E-state index in [-0.39, 0.29) is 17.4 Å². The molecule has 0 saturated carbocycles. The molecule has 1 aliphatic heterocycles. The number of nitrogens with one attached hydrogen (secondary N) is 1. The van der Waals surface area contributed by atoms with Crippen LogP contribution in [0.3, 0.4) is 0 Å². The van der Waals surface area contributed by atoms with Crippen molar-refractivity contribution in [1.82, 2.24) is 24.5 Å². The fourth-order valence-electron chi connectivity index (χ4n) is 4.78. The van der Waals surface area contributed by atoms with Crippen LogP contribution in [0.4, 0.5) is 10.1 Å². The van der Waals surface area contributed by atoms with Gasteiger partial charge in [-0.15, -0.1) is 0 Å². The monoisotopic (exact) mass is 460 g/mol. The Bertz CT molecular complexity index is 1350. The van der Waals surface area contributed by atoms with Gasteiger partial charge in [-0.1, -0.05) is 30.3 Å². The highest BCUT2D eigenvalue weighted by Gasteiger charge is 2.29. The first kappa shape index (κ1) is 22.3. The molecule has 2 atom stereocenters. The van der Waals surface area contributed by atoms with Gasteiger partial charge in [0.25, 0.3) is 11.3 Å². The standard InChI is InChI=1S/C26H29FN6O/c1-17-16-31(13-14-32(17)22-7-5-4-6-8-22)19(3)24-29-26-28-18(2)23(25(34)33(26)30-24)15-20-9-11-21(27)12-10-20/h4-12,17,19H,13-16H2,1-3H3,(H,28,29,30)/t17-,19?/m1/s1. The van der Waals surface area contributed by atoms with Gasteiger partial charge in [-0.25, -0.2) is 9.37 Å². The SMILES string of the molecule is Cc1nc2nc(C(C)N3CCN(c4ccccc4)[C@H](C)C3)[nH]n2c(=O)c1Cc1ccc(F)cc1. The molecule has 3 heterocycles. The molecule has 176 valence electrons. The molecule has 1 saturated heterocycles. The summed E-state index contributed by atoms with van der Waals surface area (Å²) < 4.78 is 14.7. The van der Waals surface area contributed by atoms with Gasteiger partial charge in [0, 0.05) is 43.3 Å². The fraction of sp³-hybridized carbons (Fsp3) is 0.346. The number of piperazine rings is 1. The summed E-state index contributed by atoms with van der Waals surface area (Å²) in [6.07, 6.45) is 0.393. The molecule has 0 aliphatic carbocycles. The quantitative estimate of drug-likeness (QED) is 0.492. The number of rotatable bonds is 5. The van der Waals surface area contributed by atoms with Crippen LogP contribution in [0.5, 0.6) is 0 Å². The van der Waals surface area contributed by atoms with E-state index in [2.05, 4.69) is 63.0 Å². The molecule has 7 nitrogen and oxygen atoms in total. The van der Waals surface area contributed by atoms with E-state index in [4.69, 9.17) is 0 Å². The van der Waals surface area contributed by atoms with E-state index < -0.39 is 0 Å². The van der Waals surface area contributed by atoms with Crippen LogP contribution in [-0.4, -0.2) is 50.2 Å². The topological polar surface area (TPSA) is 69.5 Å². The molecule has 4 aromatic rings. The van der Waals surface area contributed by atoms with Crippen LogP contribution < -0.4 is 10.5 Å². The zero-order chi connectivity index (χ0) is 23.8. The van der Waals surface area contributed by atoms with E-state index in [1.807, 2.05) is 13.0 Å². The number of hydrogen-bond donors (Lipinski definition) is 1. The van der Waals surface area contributed by atoms with Gasteiger partial charge in [0.1, 0.15) is 11.6 Å². The number of aromatic nitrogens is 4. The molecule has 34 heavy (non-hydrogen) atoms. The number of aryl methyl sites for hydroxylation is 1. The van der Waals surface area contributed by atoms with Crippen molar-refractivity contribution < 1.29 is 4.39 Å². The van der Waals surface area contributed by atoms with E-state index >= 15 is 0 Å². The molecule has 2 aromatic carbocycles. The summed E-state index contributed by atoms with van der Waals surface area (Å²) in [5, 5.41) is 3.20. The predicted molar refractivity (Wildman–Crippen MR) is 131 cm³/mol. The van der Waals surface area contributed by atoms with Crippen LogP contribution in [0.15, 0.2) is 59.4 Å². The maximum atomic E-state index is 13.3. The average molecular weight is 461 g/mol. The highest BCUT2D eigenvalue weighted by atomic mass is 19.1. The van der Waals surface area contributed by atoms with Crippen LogP contribution in [0.1, 0.15) is 42.5 Å². The Morgan fingerprint density at radius 2 is 1.82 bits per heavy atom. The molecule has 1 unspecified atom stereocenters. The van der Waals surface area contributed by atoms with E-state index in [0.717, 1.165) is 31.0 Å². The first-order chi connectivity index (χ1) is 16.4. The van der Waals surface area contributed by atoms with Crippen molar-refractivity contribution in [3.63, 3.8) is 0 Å². The third-order valence-corrected chi connectivity index (χ3v) is 6.80. The first-order valence-electron chi connectivity index (χ1n) is 11.7. The lowest BCUT2D eigenvalue weighted by molar-refractivity contribution is 0.170. The number of hydrogen-bond acceptors (Lipinski definition) is 5. The van der Waals surface area contributed by atoms with Crippen molar-refractivity contribution in [1.29, 1.82) is 0 Å². The minimum Gasteiger partial charge on any atom is -0.366 e. The molecular formula is C26H29FN6O. The van der Waals surface area contributed by atoms with Gasteiger partial charge in [0.2, 0.25) is 0 Å². The van der Waals surface area contributed by atoms with Crippen molar-refractivity contribution in [3.05, 3.63) is 93.4 Å². The van der Waals surface area contributed by atoms with Crippen molar-refractivity contribution in [2.24, 2.45) is 0 Å². The highest BCUT2D eigenvalue weighted by molar-refractivity contribution is 5.47. The minimum absolute atomic E-state index is 0.0160. The van der Waals surface area contributed by atoms with E-state index in [9.17, 15) is 9.18 Å². The lowest BCUT2D eigenvalue weighted by Crippen LogP contribution is -2.52. The number of para-hydroxylation sites is 1. The number of benzene rings is 2. The van der Waals surface area contributed by atoms with Crippen LogP contribution in [-0.2, 0) is 6.42 Å². The van der Waals surface area contributed by atoms with Crippen LogP contribution in [0.25, 0.3) is 5.78 Å². The Kier molecular flexibility index (Phi) is 5.91. The maximum absolute atomic E-state index is 13.3. The Balaban J connectivity index is 1.37. The second kappa shape index (κ2) is 9.02. The zero-order valence-electron chi connectivity index (χ0n) is 19.7. The van der Waals surface area contributed by atoms with Gasteiger partial charge >= 0.3 is 0 Å². The minimum atomic E-state index is -0.295. The average Bonchev–Trinajstić information content (AvgIpc) is 3.27. The second-order valence-electron chi connectivity index (χ2n) is 9.08. The highest BCUT2D eigenvalue weighted by Crippen LogP contribution is 2.25. The predicted octanol–water partition coefficient (Wildman–Crippen LogP) is 3.73. The third-order valence-electron chi connectivity index (χ3n) is 6.80. The summed E-state index contributed by atoms with van der Waals surface area (Å²) in [4.78, 5) is 27.3. The number of anilines is 1. The van der Waals surface area contributed by atoms with Gasteiger partial charge in [-0.2, -0.15) is 9.50 Å². The zero-order valence-corrected chi connectivity index (χ0v) is 19.7. The van der Waals surface area contributed by atoms with Crippen molar-refractivity contribution in [2.45, 2.75) is 39.3 Å². The summed E-state index contributed by atoms with van der Waals surface area (Å²) in [5.74, 6) is 0.809. The van der Waals surface area contributed by atoms with Crippen molar-refractivity contribution in [2.75, 3.05) is 24.5 Å². The fourth-order valence-corrected chi connectivity index (χ4v) is 4.78. The van der Waals surface area contributed by atoms with Gasteiger partial charge in [0.15, 0.2) is 0 Å². The molecule has 1 fully saturated rings. The maximum Gasteiger partial charge on any atom is 0.277 e. The van der Waals surface area contributed by atoms with Gasteiger partial charge in [0.05, 0.1) is 11.7 Å². The number of fused-ring (bicyclic) bond motifs is 1. The van der Waals surface area contributed by atoms with Gasteiger partial charge < -0.3 is 4.90 Å². The molecule has 0 amide bonds. The molecule has 0 radical (unpaired) electrons.